The quantitative estimate of drug-likeness (QED) is 0.390. The third kappa shape index (κ3) is 7.12. The number of carbonyl (C=O) groups excluding carboxylic acids is 1. The second-order valence-electron chi connectivity index (χ2n) is 9.14. The first kappa shape index (κ1) is 27.6. The highest BCUT2D eigenvalue weighted by Crippen LogP contribution is 2.25. The minimum atomic E-state index is -4.08. The molecule has 1 amide bonds. The van der Waals surface area contributed by atoms with Crippen LogP contribution in [0.4, 0.5) is 4.79 Å². The lowest BCUT2D eigenvalue weighted by Gasteiger charge is -2.34. The van der Waals surface area contributed by atoms with Crippen LogP contribution in [0.1, 0.15) is 18.4 Å². The monoisotopic (exact) mass is 556 g/mol. The van der Waals surface area contributed by atoms with E-state index in [1.807, 2.05) is 42.5 Å². The van der Waals surface area contributed by atoms with Gasteiger partial charge in [0.25, 0.3) is 0 Å². The predicted molar refractivity (Wildman–Crippen MR) is 144 cm³/mol. The van der Waals surface area contributed by atoms with Crippen molar-refractivity contribution in [2.45, 2.75) is 30.2 Å². The van der Waals surface area contributed by atoms with Gasteiger partial charge in [-0.1, -0.05) is 66.2 Å². The van der Waals surface area contributed by atoms with E-state index in [2.05, 4.69) is 4.72 Å². The van der Waals surface area contributed by atoms with Crippen molar-refractivity contribution < 1.29 is 27.9 Å². The summed E-state index contributed by atoms with van der Waals surface area (Å²) in [6.07, 6.45) is 0.825. The lowest BCUT2D eigenvalue weighted by Crippen LogP contribution is -2.50. The number of rotatable bonds is 9. The van der Waals surface area contributed by atoms with Gasteiger partial charge in [0.2, 0.25) is 10.0 Å². The molecule has 1 aliphatic rings. The number of halogens is 1. The van der Waals surface area contributed by atoms with Crippen LogP contribution in [-0.4, -0.2) is 56.2 Å². The number of likely N-dealkylation sites (tertiary alicyclic amines) is 1. The van der Waals surface area contributed by atoms with Crippen molar-refractivity contribution in [3.8, 4) is 11.1 Å². The minimum absolute atomic E-state index is 0.0270. The van der Waals surface area contributed by atoms with Gasteiger partial charge in [-0.25, -0.2) is 13.2 Å². The Hall–Kier alpha value is -3.40. The highest BCUT2D eigenvalue weighted by atomic mass is 35.5. The minimum Gasteiger partial charge on any atom is -0.480 e. The van der Waals surface area contributed by atoms with E-state index < -0.39 is 34.0 Å². The van der Waals surface area contributed by atoms with Gasteiger partial charge in [0.1, 0.15) is 6.04 Å². The van der Waals surface area contributed by atoms with Crippen LogP contribution in [0.2, 0.25) is 5.02 Å². The fraction of sp³-hybridized carbons (Fsp3) is 0.286. The zero-order valence-electron chi connectivity index (χ0n) is 20.6. The molecule has 0 aromatic heterocycles. The summed E-state index contributed by atoms with van der Waals surface area (Å²) in [6.45, 7) is 0.823. The first-order valence-electron chi connectivity index (χ1n) is 12.3. The van der Waals surface area contributed by atoms with Crippen LogP contribution >= 0.6 is 11.6 Å². The van der Waals surface area contributed by atoms with Gasteiger partial charge in [-0.15, -0.1) is 0 Å². The molecule has 10 heteroatoms. The second-order valence-corrected chi connectivity index (χ2v) is 11.3. The van der Waals surface area contributed by atoms with E-state index in [1.165, 1.54) is 17.0 Å². The molecule has 1 fully saturated rings. The highest BCUT2D eigenvalue weighted by molar-refractivity contribution is 7.89. The Balaban J connectivity index is 1.32. The molecule has 3 aromatic rings. The number of amides is 1. The van der Waals surface area contributed by atoms with E-state index in [0.29, 0.717) is 24.3 Å². The summed E-state index contributed by atoms with van der Waals surface area (Å²) in [5.41, 5.74) is 2.74. The van der Waals surface area contributed by atoms with E-state index in [9.17, 15) is 23.1 Å². The van der Waals surface area contributed by atoms with Crippen LogP contribution in [-0.2, 0) is 26.0 Å². The summed E-state index contributed by atoms with van der Waals surface area (Å²) in [7, 11) is -4.08. The molecule has 1 heterocycles. The molecular formula is C28H29ClN2O6S. The molecule has 0 bridgehead atoms. The largest absolute Gasteiger partial charge is 0.480 e. The van der Waals surface area contributed by atoms with Crippen LogP contribution < -0.4 is 4.72 Å². The number of nitrogens with zero attached hydrogens (tertiary/aromatic N) is 1. The number of ether oxygens (including phenoxy) is 1. The molecular weight excluding hydrogens is 528 g/mol. The predicted octanol–water partition coefficient (Wildman–Crippen LogP) is 4.83. The average Bonchev–Trinajstić information content (AvgIpc) is 2.93. The van der Waals surface area contributed by atoms with E-state index >= 15 is 0 Å². The molecule has 0 aliphatic carbocycles. The third-order valence-corrected chi connectivity index (χ3v) is 8.33. The molecule has 3 aromatic carbocycles. The molecule has 200 valence electrons. The average molecular weight is 557 g/mol. The molecule has 0 spiro atoms. The number of carbonyl (C=O) groups is 2. The maximum atomic E-state index is 13.0. The first-order chi connectivity index (χ1) is 18.2. The van der Waals surface area contributed by atoms with Gasteiger partial charge in [0, 0.05) is 24.5 Å². The fourth-order valence-electron chi connectivity index (χ4n) is 4.46. The summed E-state index contributed by atoms with van der Waals surface area (Å²) in [5.74, 6) is -1.72. The number of aliphatic carboxylic acids is 1. The first-order valence-corrected chi connectivity index (χ1v) is 14.2. The Bertz CT molecular complexity index is 1340. The van der Waals surface area contributed by atoms with Crippen molar-refractivity contribution in [3.05, 3.63) is 89.4 Å². The van der Waals surface area contributed by atoms with E-state index in [4.69, 9.17) is 16.3 Å². The highest BCUT2D eigenvalue weighted by Gasteiger charge is 2.36. The second kappa shape index (κ2) is 12.4. The van der Waals surface area contributed by atoms with Crippen LogP contribution in [0.15, 0.2) is 83.8 Å². The fourth-order valence-corrected chi connectivity index (χ4v) is 5.84. The summed E-state index contributed by atoms with van der Waals surface area (Å²) in [5, 5.41) is 10.4. The van der Waals surface area contributed by atoms with E-state index in [0.717, 1.165) is 16.7 Å². The molecule has 1 atom stereocenters. The Morgan fingerprint density at radius 2 is 1.53 bits per heavy atom. The van der Waals surface area contributed by atoms with Crippen molar-refractivity contribution in [2.24, 2.45) is 5.92 Å². The van der Waals surface area contributed by atoms with Gasteiger partial charge < -0.3 is 14.7 Å². The molecule has 2 N–H and O–H groups in total. The van der Waals surface area contributed by atoms with Crippen molar-refractivity contribution >= 4 is 33.7 Å². The number of hydrogen-bond acceptors (Lipinski definition) is 5. The molecule has 4 rings (SSSR count). The molecule has 0 radical (unpaired) electrons. The van der Waals surface area contributed by atoms with Gasteiger partial charge in [0.15, 0.2) is 0 Å². The lowest BCUT2D eigenvalue weighted by atomic mass is 9.90. The normalized spacial score (nSPS) is 15.1. The van der Waals surface area contributed by atoms with E-state index in [-0.39, 0.29) is 24.6 Å². The maximum absolute atomic E-state index is 13.0. The Morgan fingerprint density at radius 1 is 0.947 bits per heavy atom. The van der Waals surface area contributed by atoms with Gasteiger partial charge in [-0.05, 0) is 59.7 Å². The molecule has 0 saturated carbocycles. The van der Waals surface area contributed by atoms with Gasteiger partial charge in [-0.3, -0.25) is 4.79 Å². The Labute approximate surface area is 227 Å². The Kier molecular flexibility index (Phi) is 9.04. The SMILES string of the molecule is O=C(O)[C@H](NS(=O)(=O)c1ccc(-c2ccc(Cl)cc2)cc1)C1CCN(C(=O)OCCc2ccccc2)CC1. The summed E-state index contributed by atoms with van der Waals surface area (Å²) in [4.78, 5) is 26.0. The number of carboxylic acids is 1. The van der Waals surface area contributed by atoms with Crippen molar-refractivity contribution in [2.75, 3.05) is 19.7 Å². The molecule has 38 heavy (non-hydrogen) atoms. The molecule has 1 saturated heterocycles. The van der Waals surface area contributed by atoms with Crippen molar-refractivity contribution in [3.63, 3.8) is 0 Å². The number of benzene rings is 3. The number of nitrogens with one attached hydrogen (secondary N) is 1. The van der Waals surface area contributed by atoms with Crippen molar-refractivity contribution in [1.29, 1.82) is 0 Å². The maximum Gasteiger partial charge on any atom is 0.409 e. The van der Waals surface area contributed by atoms with Crippen LogP contribution in [0.25, 0.3) is 11.1 Å². The number of piperidine rings is 1. The Morgan fingerprint density at radius 3 is 2.11 bits per heavy atom. The zero-order valence-corrected chi connectivity index (χ0v) is 22.2. The number of carboxylic acid groups (broad SMARTS) is 1. The molecule has 1 aliphatic heterocycles. The summed E-state index contributed by atoms with van der Waals surface area (Å²) >= 11 is 5.93. The van der Waals surface area contributed by atoms with Gasteiger partial charge in [-0.2, -0.15) is 4.72 Å². The zero-order chi connectivity index (χ0) is 27.1. The van der Waals surface area contributed by atoms with Crippen LogP contribution in [0.3, 0.4) is 0 Å². The standard InChI is InChI=1S/C28H29ClN2O6S/c29-24-10-6-21(7-11-24)22-8-12-25(13-9-22)38(35,36)30-26(27(32)33)23-14-17-31(18-15-23)28(34)37-19-16-20-4-2-1-3-5-20/h1-13,23,26,30H,14-19H2,(H,32,33)/t26-/m1/s1. The third-order valence-electron chi connectivity index (χ3n) is 6.62. The van der Waals surface area contributed by atoms with Gasteiger partial charge >= 0.3 is 12.1 Å². The van der Waals surface area contributed by atoms with E-state index in [1.54, 1.807) is 24.3 Å². The van der Waals surface area contributed by atoms with Crippen LogP contribution in [0, 0.1) is 5.92 Å². The molecule has 8 nitrogen and oxygen atoms in total. The van der Waals surface area contributed by atoms with Crippen molar-refractivity contribution in [1.82, 2.24) is 9.62 Å². The number of hydrogen-bond donors (Lipinski definition) is 2. The molecule has 0 unspecified atom stereocenters. The van der Waals surface area contributed by atoms with Crippen LogP contribution in [0.5, 0.6) is 0 Å². The lowest BCUT2D eigenvalue weighted by molar-refractivity contribution is -0.140. The smallest absolute Gasteiger partial charge is 0.409 e. The van der Waals surface area contributed by atoms with Gasteiger partial charge in [0.05, 0.1) is 11.5 Å². The number of sulfonamides is 1. The summed E-state index contributed by atoms with van der Waals surface area (Å²) < 4.78 is 33.8. The summed E-state index contributed by atoms with van der Waals surface area (Å²) in [6, 6.07) is 21.7. The topological polar surface area (TPSA) is 113 Å².